The molecule has 4 heterocycles. The molecule has 5 aromatic rings. The largest absolute Gasteiger partial charge is 0.509 e. The van der Waals surface area contributed by atoms with Crippen LogP contribution < -0.4 is 0 Å². The third-order valence-electron chi connectivity index (χ3n) is 20.2. The third-order valence-corrected chi connectivity index (χ3v) is 20.2. The summed E-state index contributed by atoms with van der Waals surface area (Å²) in [7, 11) is 1.57. The molecule has 3 aromatic carbocycles. The molecule has 0 radical (unpaired) electrons. The zero-order chi connectivity index (χ0) is 66.7. The predicted molar refractivity (Wildman–Crippen MR) is 357 cm³/mol. The lowest BCUT2D eigenvalue weighted by Gasteiger charge is -2.38. The molecule has 3 fully saturated rings. The van der Waals surface area contributed by atoms with Gasteiger partial charge < -0.3 is 38.4 Å². The Kier molecular flexibility index (Phi) is 24.4. The SMILES string of the molecule is CO[C@@H](C(=O)C(C)C[C@H](C)/C=C/C=C/C=C(\C)C(C[C@@H]1CC[C@@H](C)C(C(=O)C(=O)N2CCCCC2C(=O)O)O1)c1cccc2c(C)c[nH]c12)[C@H](C)/C(C)=C/[C@@H](C)C(=O)CC[C@H](C)C[C@@H]1CC[C@@H](OC(=O)OC(C)c2cc3c(cc2[N+](=O)[O-])oc2ccccc23)C(C)C1. The lowest BCUT2D eigenvalue weighted by Crippen LogP contribution is -2.54. The first-order valence-corrected chi connectivity index (χ1v) is 33.4. The number of hydrogen-bond acceptors (Lipinski definition) is 13. The summed E-state index contributed by atoms with van der Waals surface area (Å²) in [6.07, 6.45) is 18.9. The van der Waals surface area contributed by atoms with Gasteiger partial charge in [-0.3, -0.25) is 29.3 Å². The van der Waals surface area contributed by atoms with Gasteiger partial charge in [0, 0.05) is 71.6 Å². The number of furan rings is 1. The van der Waals surface area contributed by atoms with E-state index < -0.39 is 53.1 Å². The maximum atomic E-state index is 14.1. The summed E-state index contributed by atoms with van der Waals surface area (Å²) in [6.45, 7) is 22.1. The minimum Gasteiger partial charge on any atom is -0.480 e. The van der Waals surface area contributed by atoms with Gasteiger partial charge in [0.1, 0.15) is 47.4 Å². The normalized spacial score (nSPS) is 23.7. The standard InChI is InChI=1S/C75H97N3O14/c1-43(21-14-13-15-22-45(3)59(58-25-20-24-56-51(9)42-76-68(56)58)39-55-31-29-46(4)71(90-55)70(81)73(82)77-34-19-18-26-62(77)74(83)84)35-50(8)69(80)72(88-12)52(10)47(5)37-48(6)64(79)32-28-44(2)36-54-30-33-65(49(7)38-54)92-75(85)89-53(11)60-40-61-57-23-16-17-27-66(57)91-67(61)41-63(60)78(86)87/h13-17,20-25,27,37,40-44,46,48-50,52-55,59,62,65,71-72,76H,18-19,26,28-36,38-39H2,1-12H3,(H,83,84)/b15-13+,21-14+,45-22+,47-37+/t43-,44+,46-,48-,49?,50?,52-,53?,54+,55+,59?,62?,65-,71?,72-/m1/s1. The Balaban J connectivity index is 0.781. The van der Waals surface area contributed by atoms with Crippen molar-refractivity contribution in [2.24, 2.45) is 47.3 Å². The Hall–Kier alpha value is -7.50. The number of aromatic nitrogens is 1. The van der Waals surface area contributed by atoms with Crippen molar-refractivity contribution in [2.75, 3.05) is 13.7 Å². The van der Waals surface area contributed by atoms with Crippen LogP contribution >= 0.6 is 0 Å². The van der Waals surface area contributed by atoms with Gasteiger partial charge in [-0.05, 0) is 158 Å². The number of ether oxygens (including phenoxy) is 4. The highest BCUT2D eigenvalue weighted by Crippen LogP contribution is 2.42. The Bertz CT molecular complexity index is 3590. The van der Waals surface area contributed by atoms with E-state index in [1.807, 2.05) is 83.3 Å². The molecule has 1 aliphatic carbocycles. The maximum Gasteiger partial charge on any atom is 0.509 e. The molecule has 3 aliphatic rings. The molecule has 8 rings (SSSR count). The number of amides is 1. The number of allylic oxidation sites excluding steroid dienone is 7. The van der Waals surface area contributed by atoms with Crippen molar-refractivity contribution in [3.05, 3.63) is 135 Å². The van der Waals surface area contributed by atoms with Gasteiger partial charge in [0.2, 0.25) is 5.78 Å². The molecule has 0 bridgehead atoms. The number of carbonyl (C=O) groups excluding carboxylic acids is 5. The lowest BCUT2D eigenvalue weighted by atomic mass is 9.76. The van der Waals surface area contributed by atoms with Crippen LogP contribution in [0, 0.1) is 64.4 Å². The van der Waals surface area contributed by atoms with E-state index in [0.717, 1.165) is 64.2 Å². The molecule has 6 unspecified atom stereocenters. The van der Waals surface area contributed by atoms with E-state index in [-0.39, 0.29) is 83.0 Å². The molecule has 1 saturated carbocycles. The summed E-state index contributed by atoms with van der Waals surface area (Å²) in [4.78, 5) is 96.6. The minimum absolute atomic E-state index is 0.0206. The second kappa shape index (κ2) is 31.9. The van der Waals surface area contributed by atoms with Gasteiger partial charge in [0.25, 0.3) is 11.6 Å². The molecule has 2 aromatic heterocycles. The van der Waals surface area contributed by atoms with Crippen LogP contribution in [0.5, 0.6) is 0 Å². The van der Waals surface area contributed by atoms with Crippen LogP contribution in [0.15, 0.2) is 113 Å². The van der Waals surface area contributed by atoms with Gasteiger partial charge in [-0.1, -0.05) is 132 Å². The topological polar surface area (TPSA) is 235 Å². The van der Waals surface area contributed by atoms with Gasteiger partial charge in [0.05, 0.1) is 22.7 Å². The van der Waals surface area contributed by atoms with E-state index in [2.05, 4.69) is 70.0 Å². The summed E-state index contributed by atoms with van der Waals surface area (Å²) >= 11 is 0. The Labute approximate surface area is 541 Å². The molecule has 1 amide bonds. The molecule has 2 saturated heterocycles. The number of carboxylic acids is 1. The summed E-state index contributed by atoms with van der Waals surface area (Å²) in [5, 5.41) is 24.6. The summed E-state index contributed by atoms with van der Waals surface area (Å²) in [6, 6.07) is 15.7. The molecule has 0 spiro atoms. The van der Waals surface area contributed by atoms with E-state index in [0.29, 0.717) is 86.2 Å². The quantitative estimate of drug-likeness (QED) is 0.0118. The number of methoxy groups -OCH3 is 1. The van der Waals surface area contributed by atoms with Crippen LogP contribution in [0.1, 0.15) is 181 Å². The van der Waals surface area contributed by atoms with Crippen molar-refractivity contribution in [3.8, 4) is 0 Å². The number of Topliss-reactive ketones (excluding diaryl/α,β-unsaturated/α-hetero) is 3. The third kappa shape index (κ3) is 17.2. The minimum atomic E-state index is -1.09. The first kappa shape index (κ1) is 70.4. The van der Waals surface area contributed by atoms with Crippen LogP contribution in [0.4, 0.5) is 10.5 Å². The number of rotatable bonds is 28. The fourth-order valence-corrected chi connectivity index (χ4v) is 14.5. The monoisotopic (exact) mass is 1260 g/mol. The average Bonchev–Trinajstić information content (AvgIpc) is 1.60. The Morgan fingerprint density at radius 3 is 2.32 bits per heavy atom. The molecule has 15 atom stereocenters. The van der Waals surface area contributed by atoms with Gasteiger partial charge in [-0.15, -0.1) is 0 Å². The van der Waals surface area contributed by atoms with Gasteiger partial charge in [-0.25, -0.2) is 9.59 Å². The average molecular weight is 1260 g/mol. The molecule has 92 heavy (non-hydrogen) atoms. The van der Waals surface area contributed by atoms with Crippen LogP contribution in [-0.4, -0.2) is 99.4 Å². The number of ketones is 3. The fourth-order valence-electron chi connectivity index (χ4n) is 14.5. The number of nitrogens with one attached hydrogen (secondary N) is 1. The number of nitro benzene ring substituents is 1. The number of likely N-dealkylation sites (tertiary alicyclic amines) is 1. The van der Waals surface area contributed by atoms with Crippen molar-refractivity contribution in [1.29, 1.82) is 0 Å². The first-order chi connectivity index (χ1) is 43.8. The number of para-hydroxylation sites is 2. The number of H-pyrrole nitrogens is 1. The number of aromatic amines is 1. The fraction of sp³-hybridized carbons (Fsp3) is 0.547. The summed E-state index contributed by atoms with van der Waals surface area (Å²) < 4.78 is 29.8. The summed E-state index contributed by atoms with van der Waals surface area (Å²) in [5.41, 5.74) is 6.35. The first-order valence-electron chi connectivity index (χ1n) is 33.4. The van der Waals surface area contributed by atoms with Gasteiger partial charge in [-0.2, -0.15) is 0 Å². The molecule has 17 nitrogen and oxygen atoms in total. The van der Waals surface area contributed by atoms with E-state index in [9.17, 15) is 44.0 Å². The van der Waals surface area contributed by atoms with E-state index >= 15 is 0 Å². The molecule has 2 aliphatic heterocycles. The number of piperidine rings is 1. The molecule has 2 N–H and O–H groups in total. The number of aliphatic carboxylic acids is 1. The van der Waals surface area contributed by atoms with E-state index in [1.54, 1.807) is 26.2 Å². The number of carboxylic acid groups (broad SMARTS) is 1. The van der Waals surface area contributed by atoms with Gasteiger partial charge in [0.15, 0.2) is 5.78 Å². The van der Waals surface area contributed by atoms with Gasteiger partial charge >= 0.3 is 12.1 Å². The van der Waals surface area contributed by atoms with Crippen LogP contribution in [0.25, 0.3) is 32.8 Å². The number of nitro groups is 1. The zero-order valence-electron chi connectivity index (χ0n) is 55.9. The number of hydrogen-bond donors (Lipinski definition) is 2. The summed E-state index contributed by atoms with van der Waals surface area (Å²) in [5.74, 6) is -2.63. The lowest BCUT2D eigenvalue weighted by molar-refractivity contribution is -0.386. The van der Waals surface area contributed by atoms with Crippen molar-refractivity contribution < 1.29 is 62.2 Å². The second-order valence-corrected chi connectivity index (χ2v) is 27.2. The predicted octanol–water partition coefficient (Wildman–Crippen LogP) is 16.6. The second-order valence-electron chi connectivity index (χ2n) is 27.2. The highest BCUT2D eigenvalue weighted by Gasteiger charge is 2.43. The van der Waals surface area contributed by atoms with E-state index in [1.165, 1.54) is 11.0 Å². The van der Waals surface area contributed by atoms with Crippen LogP contribution in [0.3, 0.4) is 0 Å². The zero-order valence-corrected chi connectivity index (χ0v) is 55.9. The highest BCUT2D eigenvalue weighted by atomic mass is 16.7. The number of fused-ring (bicyclic) bond motifs is 4. The van der Waals surface area contributed by atoms with Crippen molar-refractivity contribution in [2.45, 2.75) is 202 Å². The molecule has 17 heteroatoms. The Morgan fingerprint density at radius 2 is 1.59 bits per heavy atom. The van der Waals surface area contributed by atoms with Crippen molar-refractivity contribution in [1.82, 2.24) is 9.88 Å². The number of aryl methyl sites for hydroxylation is 1. The van der Waals surface area contributed by atoms with E-state index in [4.69, 9.17) is 23.4 Å². The van der Waals surface area contributed by atoms with Crippen molar-refractivity contribution in [3.63, 3.8) is 0 Å². The Morgan fingerprint density at radius 1 is 0.837 bits per heavy atom. The number of nitrogens with zero attached hydrogens (tertiary/aromatic N) is 2. The molecular weight excluding hydrogens is 1170 g/mol. The molecule has 496 valence electrons. The van der Waals surface area contributed by atoms with Crippen LogP contribution in [0.2, 0.25) is 0 Å². The highest BCUT2D eigenvalue weighted by molar-refractivity contribution is 6.38. The molecular formula is C75H97N3O14. The maximum absolute atomic E-state index is 14.1. The number of carbonyl (C=O) groups is 6. The van der Waals surface area contributed by atoms with Crippen molar-refractivity contribution >= 4 is 73.9 Å². The number of benzene rings is 3. The smallest absolute Gasteiger partial charge is 0.480 e. The van der Waals surface area contributed by atoms with Crippen LogP contribution in [-0.2, 0) is 42.9 Å².